The fourth-order valence-electron chi connectivity index (χ4n) is 10.8. The van der Waals surface area contributed by atoms with Crippen LogP contribution in [0.3, 0.4) is 0 Å². The van der Waals surface area contributed by atoms with Gasteiger partial charge in [0.15, 0.2) is 0 Å². The minimum Gasteiger partial charge on any atom is -0.481 e. The molecule has 5 heteroatoms. The summed E-state index contributed by atoms with van der Waals surface area (Å²) in [6.07, 6.45) is 8.40. The van der Waals surface area contributed by atoms with Crippen LogP contribution in [-0.2, 0) is 4.79 Å². The summed E-state index contributed by atoms with van der Waals surface area (Å²) in [4.78, 5) is 12.8. The Bertz CT molecular complexity index is 941. The molecule has 0 aromatic rings. The Hall–Kier alpha value is -0.910. The summed E-state index contributed by atoms with van der Waals surface area (Å²) in [5.41, 5.74) is -0.0632. The van der Waals surface area contributed by atoms with Gasteiger partial charge in [0.2, 0.25) is 0 Å². The summed E-state index contributed by atoms with van der Waals surface area (Å²) < 4.78 is 0. The van der Waals surface area contributed by atoms with Crippen molar-refractivity contribution in [2.75, 3.05) is 6.61 Å². The maximum absolute atomic E-state index is 12.8. The SMILES string of the molecule is CC1(C)CC[C@]2(C(=O)O)CC[C@]3(C)C(=CC[C@@H]4[C@@]5(C)C[C@@H](O)[C@@H](O)C(C)(CO)C5CC[C@]43C)[C@H]2C1. The standard InChI is InChI=1S/C30H48O5/c1-25(2)11-13-30(24(34)35)14-12-28(5)18(19(30)15-25)7-8-22-26(3)16-20(32)23(33)27(4,17-31)21(26)9-10-29(22,28)6/h7,19-23,31-33H,8-17H2,1-6H3,(H,34,35)/t19-,20-,21?,22-,23-,26+,27?,28-,29-,30+/m1/s1. The van der Waals surface area contributed by atoms with Crippen molar-refractivity contribution in [3.63, 3.8) is 0 Å². The highest BCUT2D eigenvalue weighted by Gasteiger charge is 2.70. The number of carboxylic acid groups (broad SMARTS) is 1. The van der Waals surface area contributed by atoms with E-state index in [0.29, 0.717) is 12.3 Å². The molecule has 0 bridgehead atoms. The van der Waals surface area contributed by atoms with Crippen molar-refractivity contribution in [2.45, 2.75) is 112 Å². The summed E-state index contributed by atoms with van der Waals surface area (Å²) in [6, 6.07) is 0. The molecule has 0 aliphatic heterocycles. The number of carboxylic acids is 1. The molecule has 5 rings (SSSR count). The lowest BCUT2D eigenvalue weighted by Crippen LogP contribution is -2.68. The number of hydrogen-bond acceptors (Lipinski definition) is 4. The van der Waals surface area contributed by atoms with Gasteiger partial charge in [-0.25, -0.2) is 0 Å². The molecule has 4 saturated carbocycles. The van der Waals surface area contributed by atoms with Gasteiger partial charge in [0, 0.05) is 5.41 Å². The van der Waals surface area contributed by atoms with Gasteiger partial charge in [-0.2, -0.15) is 0 Å². The lowest BCUT2D eigenvalue weighted by Gasteiger charge is -2.71. The predicted octanol–water partition coefficient (Wildman–Crippen LogP) is 5.18. The normalized spacial score (nSPS) is 55.0. The van der Waals surface area contributed by atoms with E-state index in [2.05, 4.69) is 40.7 Å². The molecule has 0 radical (unpaired) electrons. The smallest absolute Gasteiger partial charge is 0.310 e. The Labute approximate surface area is 211 Å². The number of fused-ring (bicyclic) bond motifs is 7. The largest absolute Gasteiger partial charge is 0.481 e. The zero-order valence-electron chi connectivity index (χ0n) is 22.7. The first kappa shape index (κ1) is 25.7. The number of aliphatic carboxylic acids is 1. The minimum atomic E-state index is -0.907. The van der Waals surface area contributed by atoms with E-state index < -0.39 is 29.0 Å². The Kier molecular flexibility index (Phi) is 5.56. The van der Waals surface area contributed by atoms with Gasteiger partial charge in [-0.05, 0) is 97.2 Å². The van der Waals surface area contributed by atoms with Crippen LogP contribution in [0.1, 0.15) is 99.3 Å². The topological polar surface area (TPSA) is 98.0 Å². The van der Waals surface area contributed by atoms with Crippen molar-refractivity contribution in [2.24, 2.45) is 50.2 Å². The van der Waals surface area contributed by atoms with Crippen LogP contribution in [0.2, 0.25) is 0 Å². The molecule has 0 aromatic carbocycles. The van der Waals surface area contributed by atoms with E-state index in [9.17, 15) is 25.2 Å². The van der Waals surface area contributed by atoms with Crippen LogP contribution in [0.4, 0.5) is 0 Å². The van der Waals surface area contributed by atoms with Crippen LogP contribution in [0.25, 0.3) is 0 Å². The molecule has 0 amide bonds. The maximum Gasteiger partial charge on any atom is 0.310 e. The molecule has 0 saturated heterocycles. The Morgan fingerprint density at radius 3 is 2.23 bits per heavy atom. The monoisotopic (exact) mass is 488 g/mol. The summed E-state index contributed by atoms with van der Waals surface area (Å²) >= 11 is 0. The first-order valence-electron chi connectivity index (χ1n) is 14.0. The highest BCUT2D eigenvalue weighted by atomic mass is 16.4. The van der Waals surface area contributed by atoms with E-state index in [1.165, 1.54) is 5.57 Å². The Morgan fingerprint density at radius 2 is 1.60 bits per heavy atom. The van der Waals surface area contributed by atoms with E-state index in [1.54, 1.807) is 0 Å². The van der Waals surface area contributed by atoms with Gasteiger partial charge < -0.3 is 20.4 Å². The van der Waals surface area contributed by atoms with E-state index in [4.69, 9.17) is 0 Å². The lowest BCUT2D eigenvalue weighted by molar-refractivity contribution is -0.243. The molecule has 5 aliphatic rings. The van der Waals surface area contributed by atoms with Crippen LogP contribution >= 0.6 is 0 Å². The van der Waals surface area contributed by atoms with Crippen LogP contribution in [0, 0.1) is 50.2 Å². The first-order valence-corrected chi connectivity index (χ1v) is 14.0. The quantitative estimate of drug-likeness (QED) is 0.402. The Balaban J connectivity index is 1.61. The zero-order chi connectivity index (χ0) is 25.8. The summed E-state index contributed by atoms with van der Waals surface area (Å²) in [5.74, 6) is -0.0472. The van der Waals surface area contributed by atoms with Gasteiger partial charge in [-0.3, -0.25) is 4.79 Å². The second kappa shape index (κ2) is 7.57. The van der Waals surface area contributed by atoms with Crippen molar-refractivity contribution in [1.82, 2.24) is 0 Å². The first-order chi connectivity index (χ1) is 16.1. The van der Waals surface area contributed by atoms with Crippen molar-refractivity contribution in [1.29, 1.82) is 0 Å². The number of aliphatic hydroxyl groups excluding tert-OH is 3. The Morgan fingerprint density at radius 1 is 0.943 bits per heavy atom. The molecular formula is C30H48O5. The van der Waals surface area contributed by atoms with E-state index in [1.807, 2.05) is 6.92 Å². The third-order valence-electron chi connectivity index (χ3n) is 13.2. The van der Waals surface area contributed by atoms with Gasteiger partial charge in [-0.1, -0.05) is 53.2 Å². The fourth-order valence-corrected chi connectivity index (χ4v) is 10.8. The second-order valence-corrected chi connectivity index (χ2v) is 15.1. The van der Waals surface area contributed by atoms with Crippen molar-refractivity contribution >= 4 is 5.97 Å². The summed E-state index contributed by atoms with van der Waals surface area (Å²) in [5, 5.41) is 42.8. The molecule has 0 spiro atoms. The third-order valence-corrected chi connectivity index (χ3v) is 13.2. The molecule has 0 aromatic heterocycles. The van der Waals surface area contributed by atoms with Gasteiger partial charge >= 0.3 is 5.97 Å². The van der Waals surface area contributed by atoms with Crippen LogP contribution in [-0.4, -0.2) is 45.2 Å². The van der Waals surface area contributed by atoms with Crippen molar-refractivity contribution in [3.8, 4) is 0 Å². The molecule has 35 heavy (non-hydrogen) atoms. The number of aliphatic hydroxyl groups is 3. The van der Waals surface area contributed by atoms with Gasteiger partial charge in [-0.15, -0.1) is 0 Å². The molecule has 5 aliphatic carbocycles. The third kappa shape index (κ3) is 3.07. The molecule has 198 valence electrons. The van der Waals surface area contributed by atoms with E-state index in [-0.39, 0.29) is 40.1 Å². The maximum atomic E-state index is 12.8. The van der Waals surface area contributed by atoms with Gasteiger partial charge in [0.25, 0.3) is 0 Å². The van der Waals surface area contributed by atoms with Crippen molar-refractivity contribution in [3.05, 3.63) is 11.6 Å². The highest BCUT2D eigenvalue weighted by Crippen LogP contribution is 2.75. The van der Waals surface area contributed by atoms with Gasteiger partial charge in [0.1, 0.15) is 0 Å². The van der Waals surface area contributed by atoms with Crippen LogP contribution in [0.5, 0.6) is 0 Å². The average molecular weight is 489 g/mol. The number of allylic oxidation sites excluding steroid dienone is 2. The van der Waals surface area contributed by atoms with Crippen molar-refractivity contribution < 1.29 is 25.2 Å². The van der Waals surface area contributed by atoms with Crippen LogP contribution < -0.4 is 0 Å². The molecule has 5 nitrogen and oxygen atoms in total. The summed E-state index contributed by atoms with van der Waals surface area (Å²) in [6.45, 7) is 13.6. The second-order valence-electron chi connectivity index (χ2n) is 15.1. The number of hydrogen-bond donors (Lipinski definition) is 4. The molecule has 10 atom stereocenters. The molecule has 2 unspecified atom stereocenters. The average Bonchev–Trinajstić information content (AvgIpc) is 2.77. The lowest BCUT2D eigenvalue weighted by atomic mass is 9.33. The highest BCUT2D eigenvalue weighted by molar-refractivity contribution is 5.76. The number of rotatable bonds is 2. The fraction of sp³-hybridized carbons (Fsp3) is 0.900. The molecular weight excluding hydrogens is 440 g/mol. The molecule has 4 N–H and O–H groups in total. The van der Waals surface area contributed by atoms with E-state index in [0.717, 1.165) is 51.4 Å². The number of carbonyl (C=O) groups is 1. The van der Waals surface area contributed by atoms with Crippen LogP contribution in [0.15, 0.2) is 11.6 Å². The molecule has 0 heterocycles. The summed E-state index contributed by atoms with van der Waals surface area (Å²) in [7, 11) is 0. The minimum absolute atomic E-state index is 0.00698. The van der Waals surface area contributed by atoms with Gasteiger partial charge in [0.05, 0.1) is 24.2 Å². The molecule has 4 fully saturated rings. The zero-order valence-corrected chi connectivity index (χ0v) is 22.7. The van der Waals surface area contributed by atoms with E-state index >= 15 is 0 Å². The predicted molar refractivity (Wildman–Crippen MR) is 135 cm³/mol.